The highest BCUT2D eigenvalue weighted by atomic mass is 14.7. The van der Waals surface area contributed by atoms with Crippen molar-refractivity contribution in [2.75, 3.05) is 0 Å². The van der Waals surface area contributed by atoms with Crippen LogP contribution in [0.1, 0.15) is 45.5 Å². The van der Waals surface area contributed by atoms with Crippen molar-refractivity contribution in [3.63, 3.8) is 0 Å². The standard InChI is InChI=1S/C13H21N/c1-10(2)9-13(4,5)12-8-6-7-11(3)14-12/h6-8,10H,9H2,1-5H3. The number of nitrogens with zero attached hydrogens (tertiary/aromatic N) is 1. The van der Waals surface area contributed by atoms with E-state index in [1.54, 1.807) is 0 Å². The van der Waals surface area contributed by atoms with E-state index in [4.69, 9.17) is 0 Å². The molecule has 0 N–H and O–H groups in total. The van der Waals surface area contributed by atoms with Crippen LogP contribution in [0, 0.1) is 12.8 Å². The van der Waals surface area contributed by atoms with E-state index in [0.29, 0.717) is 5.92 Å². The molecule has 1 heteroatoms. The second kappa shape index (κ2) is 4.12. The summed E-state index contributed by atoms with van der Waals surface area (Å²) >= 11 is 0. The second-order valence-corrected chi connectivity index (χ2v) is 5.15. The van der Waals surface area contributed by atoms with Gasteiger partial charge in [-0.2, -0.15) is 0 Å². The Morgan fingerprint density at radius 2 is 1.93 bits per heavy atom. The van der Waals surface area contributed by atoms with Crippen LogP contribution in [0.5, 0.6) is 0 Å². The summed E-state index contributed by atoms with van der Waals surface area (Å²) in [6.45, 7) is 11.1. The van der Waals surface area contributed by atoms with Gasteiger partial charge in [0.25, 0.3) is 0 Å². The summed E-state index contributed by atoms with van der Waals surface area (Å²) < 4.78 is 0. The van der Waals surface area contributed by atoms with Crippen molar-refractivity contribution in [1.29, 1.82) is 0 Å². The average molecular weight is 191 g/mol. The molecular weight excluding hydrogens is 170 g/mol. The highest BCUT2D eigenvalue weighted by Crippen LogP contribution is 2.28. The molecule has 1 aromatic rings. The summed E-state index contributed by atoms with van der Waals surface area (Å²) in [6, 6.07) is 6.28. The monoisotopic (exact) mass is 191 g/mol. The molecule has 0 atom stereocenters. The molecular formula is C13H21N. The van der Waals surface area contributed by atoms with E-state index in [9.17, 15) is 0 Å². The second-order valence-electron chi connectivity index (χ2n) is 5.15. The first kappa shape index (κ1) is 11.2. The van der Waals surface area contributed by atoms with Crippen molar-refractivity contribution in [2.45, 2.75) is 46.5 Å². The van der Waals surface area contributed by atoms with Gasteiger partial charge in [0.1, 0.15) is 0 Å². The number of hydrogen-bond acceptors (Lipinski definition) is 1. The van der Waals surface area contributed by atoms with Crippen molar-refractivity contribution >= 4 is 0 Å². The van der Waals surface area contributed by atoms with E-state index in [1.807, 2.05) is 0 Å². The van der Waals surface area contributed by atoms with E-state index < -0.39 is 0 Å². The molecule has 1 heterocycles. The maximum absolute atomic E-state index is 4.60. The lowest BCUT2D eigenvalue weighted by Gasteiger charge is -2.26. The Balaban J connectivity index is 2.91. The molecule has 0 aliphatic carbocycles. The summed E-state index contributed by atoms with van der Waals surface area (Å²) in [5.74, 6) is 0.715. The summed E-state index contributed by atoms with van der Waals surface area (Å²) in [5, 5.41) is 0. The molecule has 0 radical (unpaired) electrons. The minimum atomic E-state index is 0.195. The number of aromatic nitrogens is 1. The SMILES string of the molecule is Cc1cccc(C(C)(C)CC(C)C)n1. The van der Waals surface area contributed by atoms with Crippen LogP contribution in [0.25, 0.3) is 0 Å². The lowest BCUT2D eigenvalue weighted by atomic mass is 9.81. The van der Waals surface area contributed by atoms with Gasteiger partial charge in [-0.25, -0.2) is 0 Å². The van der Waals surface area contributed by atoms with E-state index >= 15 is 0 Å². The number of hydrogen-bond donors (Lipinski definition) is 0. The average Bonchev–Trinajstić information content (AvgIpc) is 2.01. The Bertz CT molecular complexity index is 300. The topological polar surface area (TPSA) is 12.9 Å². The molecule has 0 aliphatic rings. The van der Waals surface area contributed by atoms with Crippen LogP contribution < -0.4 is 0 Å². The maximum Gasteiger partial charge on any atom is 0.0463 e. The van der Waals surface area contributed by atoms with E-state index in [2.05, 4.69) is 57.8 Å². The van der Waals surface area contributed by atoms with Gasteiger partial charge in [-0.3, -0.25) is 4.98 Å². The molecule has 0 aromatic carbocycles. The Labute approximate surface area is 87.6 Å². The van der Waals surface area contributed by atoms with Gasteiger partial charge in [-0.05, 0) is 31.4 Å². The largest absolute Gasteiger partial charge is 0.258 e. The molecule has 1 rings (SSSR count). The first-order chi connectivity index (χ1) is 6.42. The molecule has 0 amide bonds. The summed E-state index contributed by atoms with van der Waals surface area (Å²) in [7, 11) is 0. The van der Waals surface area contributed by atoms with E-state index in [1.165, 1.54) is 12.1 Å². The zero-order valence-electron chi connectivity index (χ0n) is 9.96. The molecule has 0 bridgehead atoms. The van der Waals surface area contributed by atoms with Gasteiger partial charge in [-0.1, -0.05) is 33.8 Å². The third kappa shape index (κ3) is 2.83. The highest BCUT2D eigenvalue weighted by molar-refractivity contribution is 5.17. The molecule has 14 heavy (non-hydrogen) atoms. The fraction of sp³-hybridized carbons (Fsp3) is 0.615. The molecule has 0 aliphatic heterocycles. The summed E-state index contributed by atoms with van der Waals surface area (Å²) in [6.07, 6.45) is 1.18. The smallest absolute Gasteiger partial charge is 0.0463 e. The minimum Gasteiger partial charge on any atom is -0.258 e. The van der Waals surface area contributed by atoms with Gasteiger partial charge in [0.2, 0.25) is 0 Å². The number of aryl methyl sites for hydroxylation is 1. The van der Waals surface area contributed by atoms with E-state index in [-0.39, 0.29) is 5.41 Å². The van der Waals surface area contributed by atoms with Crippen LogP contribution in [0.4, 0.5) is 0 Å². The third-order valence-corrected chi connectivity index (χ3v) is 2.50. The Morgan fingerprint density at radius 1 is 1.29 bits per heavy atom. The number of pyridine rings is 1. The van der Waals surface area contributed by atoms with Crippen LogP contribution in [0.15, 0.2) is 18.2 Å². The van der Waals surface area contributed by atoms with Gasteiger partial charge in [0.15, 0.2) is 0 Å². The van der Waals surface area contributed by atoms with Crippen molar-refractivity contribution in [1.82, 2.24) is 4.98 Å². The Kier molecular flexibility index (Phi) is 3.30. The molecule has 78 valence electrons. The van der Waals surface area contributed by atoms with Crippen molar-refractivity contribution in [2.24, 2.45) is 5.92 Å². The van der Waals surface area contributed by atoms with E-state index in [0.717, 1.165) is 5.69 Å². The predicted octanol–water partition coefficient (Wildman–Crippen LogP) is 3.71. The third-order valence-electron chi connectivity index (χ3n) is 2.50. The quantitative estimate of drug-likeness (QED) is 0.709. The molecule has 1 nitrogen and oxygen atoms in total. The highest BCUT2D eigenvalue weighted by Gasteiger charge is 2.23. The molecule has 1 aromatic heterocycles. The minimum absolute atomic E-state index is 0.195. The zero-order valence-corrected chi connectivity index (χ0v) is 9.96. The molecule has 0 saturated carbocycles. The molecule has 0 saturated heterocycles. The summed E-state index contributed by atoms with van der Waals surface area (Å²) in [5.41, 5.74) is 2.52. The van der Waals surface area contributed by atoms with Crippen molar-refractivity contribution in [3.8, 4) is 0 Å². The first-order valence-electron chi connectivity index (χ1n) is 5.36. The fourth-order valence-electron chi connectivity index (χ4n) is 2.05. The zero-order chi connectivity index (χ0) is 10.8. The predicted molar refractivity (Wildman–Crippen MR) is 61.5 cm³/mol. The van der Waals surface area contributed by atoms with Gasteiger partial charge in [-0.15, -0.1) is 0 Å². The van der Waals surface area contributed by atoms with Crippen LogP contribution in [-0.4, -0.2) is 4.98 Å². The molecule has 0 unspecified atom stereocenters. The van der Waals surface area contributed by atoms with Gasteiger partial charge in [0, 0.05) is 16.8 Å². The maximum atomic E-state index is 4.60. The van der Waals surface area contributed by atoms with Crippen LogP contribution in [0.3, 0.4) is 0 Å². The van der Waals surface area contributed by atoms with Gasteiger partial charge >= 0.3 is 0 Å². The number of rotatable bonds is 3. The Morgan fingerprint density at radius 3 is 2.43 bits per heavy atom. The van der Waals surface area contributed by atoms with Crippen LogP contribution in [0.2, 0.25) is 0 Å². The fourth-order valence-corrected chi connectivity index (χ4v) is 2.05. The lowest BCUT2D eigenvalue weighted by molar-refractivity contribution is 0.390. The molecule has 0 spiro atoms. The lowest BCUT2D eigenvalue weighted by Crippen LogP contribution is -2.21. The molecule has 0 fully saturated rings. The summed E-state index contributed by atoms with van der Waals surface area (Å²) in [4.78, 5) is 4.60. The van der Waals surface area contributed by atoms with Gasteiger partial charge < -0.3 is 0 Å². The van der Waals surface area contributed by atoms with Crippen molar-refractivity contribution in [3.05, 3.63) is 29.6 Å². The normalized spacial score (nSPS) is 12.1. The Hall–Kier alpha value is -0.850. The van der Waals surface area contributed by atoms with Crippen LogP contribution >= 0.6 is 0 Å². The van der Waals surface area contributed by atoms with Crippen molar-refractivity contribution < 1.29 is 0 Å². The first-order valence-corrected chi connectivity index (χ1v) is 5.36. The van der Waals surface area contributed by atoms with Crippen LogP contribution in [-0.2, 0) is 5.41 Å². The van der Waals surface area contributed by atoms with Gasteiger partial charge in [0.05, 0.1) is 0 Å².